The standard InChI is InChI=1S/C19H20O5/c20-13-16-17(21)9-6-10-18(16)23-12-5-4-11-19(22)24-14-15-7-2-1-3-8-15/h1-3,6-10,13,21H,4-5,11-12,14H2. The van der Waals surface area contributed by atoms with Crippen molar-refractivity contribution in [1.29, 1.82) is 0 Å². The van der Waals surface area contributed by atoms with Crippen molar-refractivity contribution in [2.24, 2.45) is 0 Å². The highest BCUT2D eigenvalue weighted by molar-refractivity contribution is 5.83. The van der Waals surface area contributed by atoms with Crippen LogP contribution in [0.15, 0.2) is 48.5 Å². The van der Waals surface area contributed by atoms with E-state index in [0.717, 1.165) is 5.56 Å². The molecule has 0 heterocycles. The molecule has 0 spiro atoms. The summed E-state index contributed by atoms with van der Waals surface area (Å²) in [5.41, 5.74) is 1.10. The van der Waals surface area contributed by atoms with E-state index in [-0.39, 0.29) is 23.9 Å². The maximum atomic E-state index is 11.7. The third-order valence-corrected chi connectivity index (χ3v) is 3.44. The Kier molecular flexibility index (Phi) is 6.83. The molecule has 0 atom stereocenters. The van der Waals surface area contributed by atoms with Crippen LogP contribution in [0.25, 0.3) is 0 Å². The van der Waals surface area contributed by atoms with E-state index in [2.05, 4.69) is 0 Å². The molecule has 0 aromatic heterocycles. The molecule has 0 aliphatic rings. The van der Waals surface area contributed by atoms with Crippen LogP contribution >= 0.6 is 0 Å². The summed E-state index contributed by atoms with van der Waals surface area (Å²) in [7, 11) is 0. The number of aldehydes is 1. The molecular weight excluding hydrogens is 308 g/mol. The van der Waals surface area contributed by atoms with E-state index in [1.54, 1.807) is 12.1 Å². The predicted octanol–water partition coefficient (Wildman–Crippen LogP) is 3.50. The molecule has 0 aliphatic carbocycles. The average Bonchev–Trinajstić information content (AvgIpc) is 2.60. The lowest BCUT2D eigenvalue weighted by Gasteiger charge is -2.09. The van der Waals surface area contributed by atoms with Crippen LogP contribution in [0.1, 0.15) is 35.2 Å². The van der Waals surface area contributed by atoms with E-state index < -0.39 is 0 Å². The fourth-order valence-corrected chi connectivity index (χ4v) is 2.14. The summed E-state index contributed by atoms with van der Waals surface area (Å²) in [5, 5.41) is 9.55. The van der Waals surface area contributed by atoms with Gasteiger partial charge in [0.1, 0.15) is 18.1 Å². The average molecular weight is 328 g/mol. The molecule has 5 nitrogen and oxygen atoms in total. The maximum absolute atomic E-state index is 11.7. The van der Waals surface area contributed by atoms with Gasteiger partial charge in [-0.15, -0.1) is 0 Å². The van der Waals surface area contributed by atoms with Crippen molar-refractivity contribution in [3.8, 4) is 11.5 Å². The van der Waals surface area contributed by atoms with Crippen LogP contribution in [0.4, 0.5) is 0 Å². The van der Waals surface area contributed by atoms with Crippen LogP contribution in [0.2, 0.25) is 0 Å². The lowest BCUT2D eigenvalue weighted by atomic mass is 10.2. The Morgan fingerprint density at radius 2 is 1.83 bits per heavy atom. The van der Waals surface area contributed by atoms with E-state index in [1.807, 2.05) is 30.3 Å². The maximum Gasteiger partial charge on any atom is 0.306 e. The van der Waals surface area contributed by atoms with E-state index in [4.69, 9.17) is 9.47 Å². The number of carbonyl (C=O) groups excluding carboxylic acids is 2. The number of phenols is 1. The van der Waals surface area contributed by atoms with Gasteiger partial charge in [-0.05, 0) is 30.5 Å². The molecule has 2 aromatic rings. The fourth-order valence-electron chi connectivity index (χ4n) is 2.14. The fraction of sp³-hybridized carbons (Fsp3) is 0.263. The van der Waals surface area contributed by atoms with E-state index in [1.165, 1.54) is 6.07 Å². The molecular formula is C19H20O5. The summed E-state index contributed by atoms with van der Waals surface area (Å²) in [4.78, 5) is 22.6. The smallest absolute Gasteiger partial charge is 0.306 e. The van der Waals surface area contributed by atoms with Gasteiger partial charge in [-0.25, -0.2) is 0 Å². The molecule has 0 saturated heterocycles. The van der Waals surface area contributed by atoms with E-state index in [0.29, 0.717) is 37.9 Å². The Balaban J connectivity index is 1.64. The molecule has 0 bridgehead atoms. The molecule has 0 amide bonds. The van der Waals surface area contributed by atoms with Crippen LogP contribution in [0.3, 0.4) is 0 Å². The number of hydrogen-bond donors (Lipinski definition) is 1. The Morgan fingerprint density at radius 1 is 1.04 bits per heavy atom. The number of carbonyl (C=O) groups is 2. The number of hydrogen-bond acceptors (Lipinski definition) is 5. The SMILES string of the molecule is O=Cc1c(O)cccc1OCCCCC(=O)OCc1ccccc1. The zero-order valence-corrected chi connectivity index (χ0v) is 13.3. The van der Waals surface area contributed by atoms with Crippen LogP contribution in [0, 0.1) is 0 Å². The number of phenolic OH excluding ortho intramolecular Hbond substituents is 1. The number of esters is 1. The van der Waals surface area contributed by atoms with Gasteiger partial charge in [0, 0.05) is 6.42 Å². The van der Waals surface area contributed by atoms with Gasteiger partial charge in [0.15, 0.2) is 6.29 Å². The first kappa shape index (κ1) is 17.5. The lowest BCUT2D eigenvalue weighted by molar-refractivity contribution is -0.145. The summed E-state index contributed by atoms with van der Waals surface area (Å²) in [5.74, 6) is -0.00608. The van der Waals surface area contributed by atoms with Crippen molar-refractivity contribution < 1.29 is 24.2 Å². The van der Waals surface area contributed by atoms with Gasteiger partial charge in [0.25, 0.3) is 0 Å². The Labute approximate surface area is 140 Å². The number of ether oxygens (including phenoxy) is 2. The molecule has 0 saturated carbocycles. The van der Waals surface area contributed by atoms with Crippen molar-refractivity contribution in [1.82, 2.24) is 0 Å². The Hall–Kier alpha value is -2.82. The largest absolute Gasteiger partial charge is 0.507 e. The molecule has 1 N–H and O–H groups in total. The quantitative estimate of drug-likeness (QED) is 0.433. The zero-order chi connectivity index (χ0) is 17.2. The van der Waals surface area contributed by atoms with E-state index >= 15 is 0 Å². The topological polar surface area (TPSA) is 72.8 Å². The van der Waals surface area contributed by atoms with Gasteiger partial charge in [-0.3, -0.25) is 9.59 Å². The van der Waals surface area contributed by atoms with Crippen LogP contribution < -0.4 is 4.74 Å². The molecule has 2 aromatic carbocycles. The number of unbranched alkanes of at least 4 members (excludes halogenated alkanes) is 1. The highest BCUT2D eigenvalue weighted by atomic mass is 16.5. The Bertz CT molecular complexity index is 667. The van der Waals surface area contributed by atoms with Gasteiger partial charge in [0.2, 0.25) is 0 Å². The summed E-state index contributed by atoms with van der Waals surface area (Å²) in [6.07, 6.45) is 2.15. The predicted molar refractivity (Wildman–Crippen MR) is 89.1 cm³/mol. The lowest BCUT2D eigenvalue weighted by Crippen LogP contribution is -2.06. The number of rotatable bonds is 9. The summed E-state index contributed by atoms with van der Waals surface area (Å²) < 4.78 is 10.7. The highest BCUT2D eigenvalue weighted by Gasteiger charge is 2.08. The molecule has 0 unspecified atom stereocenters. The van der Waals surface area contributed by atoms with Crippen molar-refractivity contribution in [3.63, 3.8) is 0 Å². The number of aromatic hydroxyl groups is 1. The number of benzene rings is 2. The zero-order valence-electron chi connectivity index (χ0n) is 13.3. The van der Waals surface area contributed by atoms with Crippen LogP contribution in [-0.2, 0) is 16.1 Å². The molecule has 24 heavy (non-hydrogen) atoms. The molecule has 0 radical (unpaired) electrons. The van der Waals surface area contributed by atoms with Crippen molar-refractivity contribution in [2.75, 3.05) is 6.61 Å². The van der Waals surface area contributed by atoms with Gasteiger partial charge in [-0.2, -0.15) is 0 Å². The first-order valence-electron chi connectivity index (χ1n) is 7.80. The normalized spacial score (nSPS) is 10.2. The van der Waals surface area contributed by atoms with Crippen molar-refractivity contribution in [2.45, 2.75) is 25.9 Å². The Morgan fingerprint density at radius 3 is 2.58 bits per heavy atom. The molecule has 2 rings (SSSR count). The van der Waals surface area contributed by atoms with Gasteiger partial charge in [0.05, 0.1) is 12.2 Å². The van der Waals surface area contributed by atoms with E-state index in [9.17, 15) is 14.7 Å². The second kappa shape index (κ2) is 9.35. The molecule has 126 valence electrons. The first-order chi connectivity index (χ1) is 11.7. The third kappa shape index (κ3) is 5.43. The first-order valence-corrected chi connectivity index (χ1v) is 7.80. The minimum Gasteiger partial charge on any atom is -0.507 e. The van der Waals surface area contributed by atoms with Crippen LogP contribution in [0.5, 0.6) is 11.5 Å². The van der Waals surface area contributed by atoms with Gasteiger partial charge >= 0.3 is 5.97 Å². The summed E-state index contributed by atoms with van der Waals surface area (Å²) in [6, 6.07) is 14.2. The summed E-state index contributed by atoms with van der Waals surface area (Å²) in [6.45, 7) is 0.637. The monoisotopic (exact) mass is 328 g/mol. The highest BCUT2D eigenvalue weighted by Crippen LogP contribution is 2.25. The molecule has 0 aliphatic heterocycles. The van der Waals surface area contributed by atoms with Gasteiger partial charge in [-0.1, -0.05) is 36.4 Å². The van der Waals surface area contributed by atoms with Crippen molar-refractivity contribution in [3.05, 3.63) is 59.7 Å². The van der Waals surface area contributed by atoms with Gasteiger partial charge < -0.3 is 14.6 Å². The summed E-state index contributed by atoms with van der Waals surface area (Å²) >= 11 is 0. The molecule has 5 heteroatoms. The second-order valence-corrected chi connectivity index (χ2v) is 5.26. The molecule has 0 fully saturated rings. The second-order valence-electron chi connectivity index (χ2n) is 5.26. The van der Waals surface area contributed by atoms with Crippen molar-refractivity contribution >= 4 is 12.3 Å². The minimum absolute atomic E-state index is 0.105. The minimum atomic E-state index is -0.246. The van der Waals surface area contributed by atoms with Crippen LogP contribution in [-0.4, -0.2) is 24.0 Å². The third-order valence-electron chi connectivity index (χ3n) is 3.44.